The van der Waals surface area contributed by atoms with Gasteiger partial charge < -0.3 is 4.74 Å². The number of aryl methyl sites for hydroxylation is 1. The summed E-state index contributed by atoms with van der Waals surface area (Å²) in [5, 5.41) is 7.34. The zero-order chi connectivity index (χ0) is 18.7. The summed E-state index contributed by atoms with van der Waals surface area (Å²) in [6.07, 6.45) is 3.43. The summed E-state index contributed by atoms with van der Waals surface area (Å²) in [4.78, 5) is 24.8. The van der Waals surface area contributed by atoms with Gasteiger partial charge in [-0.05, 0) is 50.5 Å². The van der Waals surface area contributed by atoms with Gasteiger partial charge in [0.15, 0.2) is 0 Å². The monoisotopic (exact) mass is 356 g/mol. The number of benzene rings is 1. The highest BCUT2D eigenvalue weighted by Gasteiger charge is 2.29. The second kappa shape index (κ2) is 7.59. The van der Waals surface area contributed by atoms with Gasteiger partial charge in [0.25, 0.3) is 5.56 Å². The van der Waals surface area contributed by atoms with Gasteiger partial charge in [0.05, 0.1) is 24.1 Å². The van der Waals surface area contributed by atoms with E-state index in [1.165, 1.54) is 4.68 Å². The zero-order valence-corrected chi connectivity index (χ0v) is 15.3. The lowest BCUT2D eigenvalue weighted by molar-refractivity contribution is -0.122. The van der Waals surface area contributed by atoms with E-state index in [1.54, 1.807) is 26.2 Å². The number of ether oxygens (including phenoxy) is 1. The Labute approximate surface area is 152 Å². The third kappa shape index (κ3) is 3.71. The number of nitrogens with zero attached hydrogens (tertiary/aromatic N) is 2. The Kier molecular flexibility index (Phi) is 5.25. The van der Waals surface area contributed by atoms with Crippen molar-refractivity contribution in [2.45, 2.75) is 39.5 Å². The highest BCUT2D eigenvalue weighted by atomic mass is 16.5. The summed E-state index contributed by atoms with van der Waals surface area (Å²) in [6.45, 7) is 3.80. The summed E-state index contributed by atoms with van der Waals surface area (Å²) >= 11 is 0. The predicted octanol–water partition coefficient (Wildman–Crippen LogP) is 2.38. The van der Waals surface area contributed by atoms with Crippen molar-refractivity contribution in [1.29, 1.82) is 0 Å². The van der Waals surface area contributed by atoms with Crippen LogP contribution in [0, 0.1) is 5.92 Å². The first-order valence-corrected chi connectivity index (χ1v) is 8.88. The van der Waals surface area contributed by atoms with Crippen LogP contribution in [-0.4, -0.2) is 28.5 Å². The first kappa shape index (κ1) is 18.0. The SMILES string of the molecule is CCCc1[nH]n(-c2ccc(OC)cc2)c(=O)c1/C(C)=N/NC(=O)C1CC1. The maximum Gasteiger partial charge on any atom is 0.280 e. The van der Waals surface area contributed by atoms with Gasteiger partial charge >= 0.3 is 0 Å². The summed E-state index contributed by atoms with van der Waals surface area (Å²) in [5.41, 5.74) is 4.95. The number of hydrazone groups is 1. The lowest BCUT2D eigenvalue weighted by Crippen LogP contribution is -2.24. The number of amides is 1. The van der Waals surface area contributed by atoms with Crippen LogP contribution in [0.4, 0.5) is 0 Å². The smallest absolute Gasteiger partial charge is 0.280 e. The summed E-state index contributed by atoms with van der Waals surface area (Å²) < 4.78 is 6.66. The number of aromatic nitrogens is 2. The molecule has 0 bridgehead atoms. The Morgan fingerprint density at radius 1 is 1.35 bits per heavy atom. The minimum absolute atomic E-state index is 0.0730. The van der Waals surface area contributed by atoms with E-state index in [0.29, 0.717) is 17.0 Å². The third-order valence-electron chi connectivity index (χ3n) is 4.44. The fourth-order valence-corrected chi connectivity index (χ4v) is 2.83. The number of aromatic amines is 1. The molecule has 0 saturated heterocycles. The number of hydrogen-bond donors (Lipinski definition) is 2. The van der Waals surface area contributed by atoms with Crippen molar-refractivity contribution >= 4 is 11.6 Å². The number of hydrogen-bond acceptors (Lipinski definition) is 4. The first-order chi connectivity index (χ1) is 12.5. The lowest BCUT2D eigenvalue weighted by atomic mass is 10.1. The third-order valence-corrected chi connectivity index (χ3v) is 4.44. The Morgan fingerprint density at radius 3 is 2.62 bits per heavy atom. The molecule has 2 aromatic rings. The van der Waals surface area contributed by atoms with Crippen LogP contribution in [0.1, 0.15) is 44.4 Å². The van der Waals surface area contributed by atoms with E-state index in [1.807, 2.05) is 19.1 Å². The van der Waals surface area contributed by atoms with Crippen LogP contribution in [-0.2, 0) is 11.2 Å². The molecule has 1 aliphatic rings. The molecule has 0 radical (unpaired) electrons. The van der Waals surface area contributed by atoms with Crippen LogP contribution in [0.3, 0.4) is 0 Å². The molecule has 1 saturated carbocycles. The number of methoxy groups -OCH3 is 1. The van der Waals surface area contributed by atoms with Gasteiger partial charge in [-0.1, -0.05) is 13.3 Å². The van der Waals surface area contributed by atoms with E-state index in [-0.39, 0.29) is 17.4 Å². The minimum Gasteiger partial charge on any atom is -0.497 e. The summed E-state index contributed by atoms with van der Waals surface area (Å²) in [6, 6.07) is 7.24. The molecule has 3 rings (SSSR count). The molecule has 1 aromatic heterocycles. The topological polar surface area (TPSA) is 88.5 Å². The molecule has 7 nitrogen and oxygen atoms in total. The second-order valence-corrected chi connectivity index (χ2v) is 6.50. The van der Waals surface area contributed by atoms with Gasteiger partial charge in [-0.3, -0.25) is 14.7 Å². The van der Waals surface area contributed by atoms with Crippen molar-refractivity contribution in [3.63, 3.8) is 0 Å². The minimum atomic E-state index is -0.180. The number of rotatable bonds is 7. The van der Waals surface area contributed by atoms with Crippen molar-refractivity contribution in [3.8, 4) is 11.4 Å². The van der Waals surface area contributed by atoms with Gasteiger partial charge in [0.2, 0.25) is 5.91 Å². The molecule has 138 valence electrons. The van der Waals surface area contributed by atoms with Gasteiger partial charge in [0, 0.05) is 11.6 Å². The maximum absolute atomic E-state index is 13.0. The van der Waals surface area contributed by atoms with Crippen LogP contribution >= 0.6 is 0 Å². The summed E-state index contributed by atoms with van der Waals surface area (Å²) in [5.74, 6) is 0.721. The van der Waals surface area contributed by atoms with E-state index in [9.17, 15) is 9.59 Å². The highest BCUT2D eigenvalue weighted by molar-refractivity contribution is 6.00. The second-order valence-electron chi connectivity index (χ2n) is 6.50. The molecule has 1 aromatic carbocycles. The largest absolute Gasteiger partial charge is 0.497 e. The van der Waals surface area contributed by atoms with E-state index < -0.39 is 0 Å². The van der Waals surface area contributed by atoms with Gasteiger partial charge in [0.1, 0.15) is 5.75 Å². The van der Waals surface area contributed by atoms with E-state index >= 15 is 0 Å². The van der Waals surface area contributed by atoms with Crippen LogP contribution in [0.2, 0.25) is 0 Å². The van der Waals surface area contributed by atoms with E-state index in [2.05, 4.69) is 15.6 Å². The molecule has 0 atom stereocenters. The maximum atomic E-state index is 13.0. The Balaban J connectivity index is 1.95. The van der Waals surface area contributed by atoms with Crippen LogP contribution in [0.5, 0.6) is 5.75 Å². The number of nitrogens with one attached hydrogen (secondary N) is 2. The molecule has 0 unspecified atom stereocenters. The molecule has 1 heterocycles. The van der Waals surface area contributed by atoms with Crippen LogP contribution in [0.25, 0.3) is 5.69 Å². The molecule has 1 fully saturated rings. The average molecular weight is 356 g/mol. The van der Waals surface area contributed by atoms with Crippen LogP contribution < -0.4 is 15.7 Å². The molecule has 2 N–H and O–H groups in total. The quantitative estimate of drug-likeness (QED) is 0.590. The number of H-pyrrole nitrogens is 1. The van der Waals surface area contributed by atoms with Crippen molar-refractivity contribution in [1.82, 2.24) is 15.2 Å². The first-order valence-electron chi connectivity index (χ1n) is 8.88. The molecule has 1 amide bonds. The molecule has 0 aliphatic heterocycles. The molecular weight excluding hydrogens is 332 g/mol. The number of carbonyl (C=O) groups excluding carboxylic acids is 1. The normalized spacial score (nSPS) is 14.3. The standard InChI is InChI=1S/C19H24N4O3/c1-4-5-16-17(12(2)20-21-18(24)13-6-7-13)19(25)23(22-16)14-8-10-15(26-3)11-9-14/h8-11,13,22H,4-7H2,1-3H3,(H,21,24)/b20-12+. The molecule has 26 heavy (non-hydrogen) atoms. The van der Waals surface area contributed by atoms with Crippen molar-refractivity contribution in [2.24, 2.45) is 11.0 Å². The number of carbonyl (C=O) groups is 1. The average Bonchev–Trinajstić information content (AvgIpc) is 3.45. The van der Waals surface area contributed by atoms with Gasteiger partial charge in [-0.25, -0.2) is 10.1 Å². The van der Waals surface area contributed by atoms with E-state index in [4.69, 9.17) is 4.74 Å². The Hall–Kier alpha value is -2.83. The van der Waals surface area contributed by atoms with Crippen LogP contribution in [0.15, 0.2) is 34.2 Å². The van der Waals surface area contributed by atoms with Gasteiger partial charge in [-0.2, -0.15) is 5.10 Å². The highest BCUT2D eigenvalue weighted by Crippen LogP contribution is 2.28. The fourth-order valence-electron chi connectivity index (χ4n) is 2.83. The molecule has 7 heteroatoms. The molecular formula is C19H24N4O3. The van der Waals surface area contributed by atoms with Gasteiger partial charge in [-0.15, -0.1) is 0 Å². The summed E-state index contributed by atoms with van der Waals surface area (Å²) in [7, 11) is 1.60. The van der Waals surface area contributed by atoms with Crippen molar-refractivity contribution in [3.05, 3.63) is 45.9 Å². The lowest BCUT2D eigenvalue weighted by Gasteiger charge is -2.03. The Bertz CT molecular complexity index is 873. The predicted molar refractivity (Wildman–Crippen MR) is 100 cm³/mol. The fraction of sp³-hybridized carbons (Fsp3) is 0.421. The van der Waals surface area contributed by atoms with Crippen molar-refractivity contribution < 1.29 is 9.53 Å². The molecule has 1 aliphatic carbocycles. The zero-order valence-electron chi connectivity index (χ0n) is 15.3. The Morgan fingerprint density at radius 2 is 2.04 bits per heavy atom. The van der Waals surface area contributed by atoms with E-state index in [0.717, 1.165) is 37.1 Å². The molecule has 0 spiro atoms. The van der Waals surface area contributed by atoms with Crippen molar-refractivity contribution in [2.75, 3.05) is 7.11 Å².